The summed E-state index contributed by atoms with van der Waals surface area (Å²) < 4.78 is 5.63. The van der Waals surface area contributed by atoms with Gasteiger partial charge in [-0.1, -0.05) is 6.92 Å². The van der Waals surface area contributed by atoms with Crippen LogP contribution in [0.15, 0.2) is 29.5 Å². The third-order valence-electron chi connectivity index (χ3n) is 4.08. The molecule has 1 aromatic rings. The minimum atomic E-state index is 0.509. The summed E-state index contributed by atoms with van der Waals surface area (Å²) in [4.78, 5) is 11.2. The number of nitrogens with one attached hydrogen (secondary N) is 2. The van der Waals surface area contributed by atoms with Crippen LogP contribution >= 0.6 is 0 Å². The van der Waals surface area contributed by atoms with Crippen LogP contribution in [0, 0.1) is 0 Å². The number of pyridine rings is 1. The number of piperidine rings is 1. The highest BCUT2D eigenvalue weighted by molar-refractivity contribution is 5.80. The van der Waals surface area contributed by atoms with Gasteiger partial charge in [-0.25, -0.2) is 4.99 Å². The topological polar surface area (TPSA) is 61.8 Å². The molecule has 1 aliphatic heterocycles. The molecule has 0 spiro atoms. The van der Waals surface area contributed by atoms with Gasteiger partial charge in [0.25, 0.3) is 0 Å². The molecule has 0 aromatic carbocycles. The molecule has 0 radical (unpaired) electrons. The van der Waals surface area contributed by atoms with Gasteiger partial charge in [0.1, 0.15) is 12.4 Å². The fourth-order valence-corrected chi connectivity index (χ4v) is 2.88. The van der Waals surface area contributed by atoms with Crippen molar-refractivity contribution in [2.75, 3.05) is 39.3 Å². The first-order valence-electron chi connectivity index (χ1n) is 9.11. The molecular formula is C18H31N5O. The van der Waals surface area contributed by atoms with E-state index in [0.29, 0.717) is 19.2 Å². The van der Waals surface area contributed by atoms with Crippen LogP contribution in [-0.2, 0) is 0 Å². The van der Waals surface area contributed by atoms with E-state index in [9.17, 15) is 0 Å². The van der Waals surface area contributed by atoms with Crippen molar-refractivity contribution >= 4 is 5.96 Å². The summed E-state index contributed by atoms with van der Waals surface area (Å²) in [5.41, 5.74) is 0. The van der Waals surface area contributed by atoms with E-state index in [0.717, 1.165) is 18.3 Å². The van der Waals surface area contributed by atoms with Crippen molar-refractivity contribution in [3.05, 3.63) is 24.5 Å². The average Bonchev–Trinajstić information content (AvgIpc) is 2.61. The molecule has 24 heavy (non-hydrogen) atoms. The Morgan fingerprint density at radius 1 is 1.38 bits per heavy atom. The molecule has 2 rings (SSSR count). The van der Waals surface area contributed by atoms with Crippen LogP contribution in [-0.4, -0.2) is 61.2 Å². The fraction of sp³-hybridized carbons (Fsp3) is 0.667. The summed E-state index contributed by atoms with van der Waals surface area (Å²) in [6.07, 6.45) is 7.05. The number of likely N-dealkylation sites (tertiary alicyclic amines) is 1. The molecule has 0 aliphatic carbocycles. The number of aliphatic imine (C=N–C) groups is 1. The van der Waals surface area contributed by atoms with Gasteiger partial charge in [-0.05, 0) is 44.9 Å². The van der Waals surface area contributed by atoms with Crippen LogP contribution in [0.5, 0.6) is 5.75 Å². The molecule has 0 atom stereocenters. The summed E-state index contributed by atoms with van der Waals surface area (Å²) in [5.74, 6) is 1.68. The van der Waals surface area contributed by atoms with Gasteiger partial charge in [-0.3, -0.25) is 4.98 Å². The maximum absolute atomic E-state index is 5.63. The number of hydrogen-bond acceptors (Lipinski definition) is 4. The molecule has 0 amide bonds. The number of guanidine groups is 1. The number of nitrogens with zero attached hydrogens (tertiary/aromatic N) is 3. The second-order valence-electron chi connectivity index (χ2n) is 6.06. The summed E-state index contributed by atoms with van der Waals surface area (Å²) in [5, 5.41) is 6.88. The van der Waals surface area contributed by atoms with E-state index in [1.807, 2.05) is 12.1 Å². The van der Waals surface area contributed by atoms with E-state index in [2.05, 4.69) is 39.4 Å². The van der Waals surface area contributed by atoms with Crippen molar-refractivity contribution in [1.29, 1.82) is 0 Å². The van der Waals surface area contributed by atoms with E-state index in [-0.39, 0.29) is 0 Å². The van der Waals surface area contributed by atoms with Crippen LogP contribution in [0.2, 0.25) is 0 Å². The van der Waals surface area contributed by atoms with E-state index in [1.165, 1.54) is 38.9 Å². The molecule has 134 valence electrons. The Balaban J connectivity index is 1.72. The third kappa shape index (κ3) is 6.74. The number of aromatic nitrogens is 1. The summed E-state index contributed by atoms with van der Waals surface area (Å²) in [6, 6.07) is 4.29. The van der Waals surface area contributed by atoms with E-state index >= 15 is 0 Å². The highest BCUT2D eigenvalue weighted by atomic mass is 16.5. The Kier molecular flexibility index (Phi) is 8.38. The fourth-order valence-electron chi connectivity index (χ4n) is 2.88. The minimum Gasteiger partial charge on any atom is -0.490 e. The lowest BCUT2D eigenvalue weighted by atomic mass is 10.1. The van der Waals surface area contributed by atoms with Gasteiger partial charge in [0.15, 0.2) is 5.96 Å². The van der Waals surface area contributed by atoms with E-state index in [4.69, 9.17) is 4.74 Å². The highest BCUT2D eigenvalue weighted by Gasteiger charge is 2.19. The third-order valence-corrected chi connectivity index (χ3v) is 4.08. The first kappa shape index (κ1) is 18.5. The van der Waals surface area contributed by atoms with Crippen molar-refractivity contribution in [2.24, 2.45) is 4.99 Å². The smallest absolute Gasteiger partial charge is 0.191 e. The van der Waals surface area contributed by atoms with Gasteiger partial charge in [-0.2, -0.15) is 0 Å². The molecular weight excluding hydrogens is 302 g/mol. The molecule has 2 heterocycles. The van der Waals surface area contributed by atoms with Crippen LogP contribution in [0.3, 0.4) is 0 Å². The van der Waals surface area contributed by atoms with Crippen LogP contribution in [0.4, 0.5) is 0 Å². The van der Waals surface area contributed by atoms with Gasteiger partial charge < -0.3 is 20.3 Å². The molecule has 1 aliphatic rings. The zero-order valence-electron chi connectivity index (χ0n) is 15.0. The highest BCUT2D eigenvalue weighted by Crippen LogP contribution is 2.10. The van der Waals surface area contributed by atoms with E-state index < -0.39 is 0 Å². The predicted molar refractivity (Wildman–Crippen MR) is 98.6 cm³/mol. The largest absolute Gasteiger partial charge is 0.490 e. The summed E-state index contributed by atoms with van der Waals surface area (Å²) in [7, 11) is 0. The molecule has 1 fully saturated rings. The minimum absolute atomic E-state index is 0.509. The molecule has 1 saturated heterocycles. The van der Waals surface area contributed by atoms with Gasteiger partial charge >= 0.3 is 0 Å². The van der Waals surface area contributed by atoms with Gasteiger partial charge in [-0.15, -0.1) is 0 Å². The van der Waals surface area contributed by atoms with Gasteiger partial charge in [0, 0.05) is 31.9 Å². The molecule has 1 aromatic heterocycles. The average molecular weight is 333 g/mol. The first-order valence-corrected chi connectivity index (χ1v) is 9.11. The van der Waals surface area contributed by atoms with Crippen molar-refractivity contribution < 1.29 is 4.74 Å². The Morgan fingerprint density at radius 3 is 2.88 bits per heavy atom. The number of ether oxygens (including phenoxy) is 1. The molecule has 6 nitrogen and oxygen atoms in total. The first-order chi connectivity index (χ1) is 11.8. The van der Waals surface area contributed by atoms with Gasteiger partial charge in [0.2, 0.25) is 0 Å². The van der Waals surface area contributed by atoms with Crippen molar-refractivity contribution in [3.63, 3.8) is 0 Å². The molecule has 0 bridgehead atoms. The summed E-state index contributed by atoms with van der Waals surface area (Å²) >= 11 is 0. The Labute approximate surface area is 145 Å². The summed E-state index contributed by atoms with van der Waals surface area (Å²) in [6.45, 7) is 9.94. The van der Waals surface area contributed by atoms with Gasteiger partial charge in [0.05, 0.1) is 12.7 Å². The SMILES string of the molecule is CCCN1CCC(NC(=NCCOc2cccnc2)NCC)CC1. The van der Waals surface area contributed by atoms with Crippen molar-refractivity contribution in [3.8, 4) is 5.75 Å². The quantitative estimate of drug-likeness (QED) is 0.432. The monoisotopic (exact) mass is 333 g/mol. The maximum atomic E-state index is 5.63. The lowest BCUT2D eigenvalue weighted by Gasteiger charge is -2.32. The maximum Gasteiger partial charge on any atom is 0.191 e. The molecule has 2 N–H and O–H groups in total. The standard InChI is InChI=1S/C18H31N5O/c1-3-11-23-12-7-16(8-13-23)22-18(20-4-2)21-10-14-24-17-6-5-9-19-15-17/h5-6,9,15-16H,3-4,7-8,10-14H2,1-2H3,(H2,20,21,22). The second-order valence-corrected chi connectivity index (χ2v) is 6.06. The number of hydrogen-bond donors (Lipinski definition) is 2. The molecule has 0 saturated carbocycles. The zero-order chi connectivity index (χ0) is 17.0. The predicted octanol–water partition coefficient (Wildman–Crippen LogP) is 1.89. The Morgan fingerprint density at radius 2 is 2.21 bits per heavy atom. The van der Waals surface area contributed by atoms with Crippen LogP contribution in [0.25, 0.3) is 0 Å². The lowest BCUT2D eigenvalue weighted by Crippen LogP contribution is -2.48. The molecule has 0 unspecified atom stereocenters. The van der Waals surface area contributed by atoms with Crippen molar-refractivity contribution in [2.45, 2.75) is 39.2 Å². The lowest BCUT2D eigenvalue weighted by molar-refractivity contribution is 0.206. The van der Waals surface area contributed by atoms with Crippen LogP contribution < -0.4 is 15.4 Å². The molecule has 6 heteroatoms. The second kappa shape index (κ2) is 10.9. The van der Waals surface area contributed by atoms with Crippen LogP contribution in [0.1, 0.15) is 33.1 Å². The van der Waals surface area contributed by atoms with Crippen molar-refractivity contribution in [1.82, 2.24) is 20.5 Å². The van der Waals surface area contributed by atoms with E-state index in [1.54, 1.807) is 12.4 Å². The Bertz CT molecular complexity index is 472. The normalized spacial score (nSPS) is 16.8. The zero-order valence-corrected chi connectivity index (χ0v) is 15.0. The Hall–Kier alpha value is -1.82. The number of rotatable bonds is 8.